The number of carbonyl (C=O) groups is 3. The minimum Gasteiger partial charge on any atom is -0.482 e. The summed E-state index contributed by atoms with van der Waals surface area (Å²) in [5, 5.41) is 10.3. The van der Waals surface area contributed by atoms with E-state index in [0.29, 0.717) is 35.8 Å². The fourth-order valence-corrected chi connectivity index (χ4v) is 11.6. The number of aliphatic hydroxyl groups is 1. The molecule has 52 heavy (non-hydrogen) atoms. The fourth-order valence-electron chi connectivity index (χ4n) is 9.08. The van der Waals surface area contributed by atoms with Gasteiger partial charge in [-0.3, -0.25) is 19.3 Å². The molecule has 4 aliphatic rings. The lowest BCUT2D eigenvalue weighted by Gasteiger charge is -2.37. The number of amides is 3. The number of rotatable bonds is 7. The van der Waals surface area contributed by atoms with E-state index < -0.39 is 31.5 Å². The maximum Gasteiger partial charge on any atom is 0.269 e. The number of para-hydroxylation sites is 3. The minimum atomic E-state index is -3.02. The average Bonchev–Trinajstić information content (AvgIpc) is 3.57. The maximum absolute atomic E-state index is 15.0. The summed E-state index contributed by atoms with van der Waals surface area (Å²) < 4.78 is 12.6. The first-order chi connectivity index (χ1) is 25.0. The SMILES string of the molecule is C[C@H]1[C@H]([Si](C)(C)O)[C@@H](CC(=O)N2Cc3ccccc3C[C@H]2CO)O[C@]12C(=O)N(Cc1cccc(N3C(=O)COc4ccccc43)c1)c1ccccc12. The monoisotopic (exact) mass is 717 g/mol. The highest BCUT2D eigenvalue weighted by Gasteiger charge is 2.66. The average molecular weight is 718 g/mol. The zero-order chi connectivity index (χ0) is 36.4. The summed E-state index contributed by atoms with van der Waals surface area (Å²) in [6, 6.07) is 30.2. The van der Waals surface area contributed by atoms with Gasteiger partial charge < -0.3 is 29.2 Å². The van der Waals surface area contributed by atoms with E-state index in [2.05, 4.69) is 0 Å². The van der Waals surface area contributed by atoms with E-state index in [1.54, 1.807) is 14.7 Å². The number of carbonyl (C=O) groups excluding carboxylic acids is 3. The normalized spacial score (nSPS) is 25.2. The predicted octanol–water partition coefficient (Wildman–Crippen LogP) is 5.42. The Hall–Kier alpha value is -4.81. The zero-order valence-corrected chi connectivity index (χ0v) is 30.6. The highest BCUT2D eigenvalue weighted by Crippen LogP contribution is 2.60. The molecule has 0 aliphatic carbocycles. The van der Waals surface area contributed by atoms with Crippen molar-refractivity contribution in [3.05, 3.63) is 119 Å². The Morgan fingerprint density at radius 2 is 1.63 bits per heavy atom. The number of fused-ring (bicyclic) bond motifs is 4. The number of hydrogen-bond donors (Lipinski definition) is 2. The summed E-state index contributed by atoms with van der Waals surface area (Å²) in [7, 11) is -3.02. The molecule has 0 bridgehead atoms. The lowest BCUT2D eigenvalue weighted by atomic mass is 9.82. The zero-order valence-electron chi connectivity index (χ0n) is 29.6. The van der Waals surface area contributed by atoms with E-state index >= 15 is 0 Å². The highest BCUT2D eigenvalue weighted by molar-refractivity contribution is 6.71. The van der Waals surface area contributed by atoms with Gasteiger partial charge in [-0.2, -0.15) is 0 Å². The van der Waals surface area contributed by atoms with E-state index in [1.807, 2.05) is 117 Å². The Morgan fingerprint density at radius 1 is 0.923 bits per heavy atom. The van der Waals surface area contributed by atoms with E-state index in [-0.39, 0.29) is 49.9 Å². The molecule has 0 radical (unpaired) electrons. The molecule has 0 unspecified atom stereocenters. The fraction of sp³-hybridized carbons (Fsp3) is 0.341. The molecule has 3 amide bonds. The number of anilines is 3. The highest BCUT2D eigenvalue weighted by atomic mass is 28.4. The van der Waals surface area contributed by atoms with Crippen molar-refractivity contribution in [1.29, 1.82) is 0 Å². The molecule has 8 rings (SSSR count). The van der Waals surface area contributed by atoms with Gasteiger partial charge in [0.1, 0.15) is 5.75 Å². The summed E-state index contributed by atoms with van der Waals surface area (Å²) in [5.41, 5.74) is 3.94. The van der Waals surface area contributed by atoms with Gasteiger partial charge in [0.05, 0.1) is 43.1 Å². The van der Waals surface area contributed by atoms with Crippen molar-refractivity contribution in [3.8, 4) is 5.75 Å². The van der Waals surface area contributed by atoms with Crippen molar-refractivity contribution in [2.24, 2.45) is 5.92 Å². The Balaban J connectivity index is 1.10. The molecule has 1 fully saturated rings. The third-order valence-electron chi connectivity index (χ3n) is 11.4. The maximum atomic E-state index is 15.0. The number of aliphatic hydroxyl groups excluding tert-OH is 1. The van der Waals surface area contributed by atoms with Crippen LogP contribution in [-0.4, -0.2) is 66.2 Å². The van der Waals surface area contributed by atoms with Crippen molar-refractivity contribution >= 4 is 43.1 Å². The number of hydrogen-bond acceptors (Lipinski definition) is 7. The molecule has 5 atom stereocenters. The van der Waals surface area contributed by atoms with Crippen LogP contribution in [0.5, 0.6) is 5.75 Å². The Labute approximate surface area is 304 Å². The molecule has 1 saturated heterocycles. The molecule has 4 aliphatic heterocycles. The van der Waals surface area contributed by atoms with Crippen LogP contribution < -0.4 is 14.5 Å². The number of benzene rings is 4. The van der Waals surface area contributed by atoms with Gasteiger partial charge in [0.25, 0.3) is 11.8 Å². The Bertz CT molecular complexity index is 2070. The second-order valence-corrected chi connectivity index (χ2v) is 18.9. The molecule has 4 aromatic rings. The molecule has 4 heterocycles. The standard InChI is InChI=1S/C41H43N3O7Si/c1-26-39(52(2,3)49)36(21-37(46)42-23-29-13-5-4-12-28(29)20-31(42)24-45)51-41(26)32-15-6-7-16-33(32)43(40(41)48)22-27-11-10-14-30(19-27)44-34-17-8-9-18-35(34)50-25-38(44)47/h4-19,26,31,36,39,45,49H,20-25H2,1-3H3/t26-,31-,36+,39-,41+/m0/s1. The van der Waals surface area contributed by atoms with Crippen molar-refractivity contribution < 1.29 is 33.8 Å². The summed E-state index contributed by atoms with van der Waals surface area (Å²) in [4.78, 5) is 59.1. The second kappa shape index (κ2) is 13.0. The van der Waals surface area contributed by atoms with Crippen molar-refractivity contribution in [3.63, 3.8) is 0 Å². The van der Waals surface area contributed by atoms with Crippen LogP contribution in [0.15, 0.2) is 97.1 Å². The van der Waals surface area contributed by atoms with Gasteiger partial charge in [0.2, 0.25) is 5.91 Å². The van der Waals surface area contributed by atoms with Crippen LogP contribution in [0.4, 0.5) is 17.1 Å². The van der Waals surface area contributed by atoms with Gasteiger partial charge in [0.15, 0.2) is 20.5 Å². The first-order valence-electron chi connectivity index (χ1n) is 17.9. The van der Waals surface area contributed by atoms with Gasteiger partial charge in [-0.25, -0.2) is 0 Å². The van der Waals surface area contributed by atoms with Crippen molar-refractivity contribution in [2.45, 2.75) is 69.2 Å². The van der Waals surface area contributed by atoms with Gasteiger partial charge in [-0.1, -0.05) is 73.7 Å². The third kappa shape index (κ3) is 5.54. The smallest absolute Gasteiger partial charge is 0.269 e. The molecule has 0 saturated carbocycles. The molecule has 4 aromatic carbocycles. The third-order valence-corrected chi connectivity index (χ3v) is 13.9. The van der Waals surface area contributed by atoms with E-state index in [9.17, 15) is 24.3 Å². The van der Waals surface area contributed by atoms with Gasteiger partial charge in [0, 0.05) is 29.3 Å². The summed E-state index contributed by atoms with van der Waals surface area (Å²) in [6.45, 7) is 6.04. The van der Waals surface area contributed by atoms with E-state index in [0.717, 1.165) is 22.3 Å². The molecule has 11 heteroatoms. The van der Waals surface area contributed by atoms with Crippen LogP contribution in [0.2, 0.25) is 18.6 Å². The lowest BCUT2D eigenvalue weighted by Crippen LogP contribution is -2.48. The molecule has 0 aromatic heterocycles. The molecule has 1 spiro atoms. The lowest BCUT2D eigenvalue weighted by molar-refractivity contribution is -0.151. The Morgan fingerprint density at radius 3 is 2.40 bits per heavy atom. The predicted molar refractivity (Wildman–Crippen MR) is 199 cm³/mol. The van der Waals surface area contributed by atoms with Crippen molar-refractivity contribution in [1.82, 2.24) is 4.90 Å². The second-order valence-electron chi connectivity index (χ2n) is 15.0. The summed E-state index contributed by atoms with van der Waals surface area (Å²) >= 11 is 0. The quantitative estimate of drug-likeness (QED) is 0.245. The Kier molecular flexibility index (Phi) is 8.57. The van der Waals surface area contributed by atoms with Crippen LogP contribution in [0, 0.1) is 5.92 Å². The molecule has 10 nitrogen and oxygen atoms in total. The van der Waals surface area contributed by atoms with Crippen LogP contribution in [0.3, 0.4) is 0 Å². The van der Waals surface area contributed by atoms with Crippen LogP contribution >= 0.6 is 0 Å². The first-order valence-corrected chi connectivity index (χ1v) is 21.0. The van der Waals surface area contributed by atoms with Crippen molar-refractivity contribution in [2.75, 3.05) is 23.0 Å². The van der Waals surface area contributed by atoms with Crippen LogP contribution in [0.1, 0.15) is 35.6 Å². The first kappa shape index (κ1) is 34.3. The van der Waals surface area contributed by atoms with Gasteiger partial charge in [-0.15, -0.1) is 0 Å². The van der Waals surface area contributed by atoms with Gasteiger partial charge in [-0.05, 0) is 66.5 Å². The van der Waals surface area contributed by atoms with E-state index in [4.69, 9.17) is 9.47 Å². The largest absolute Gasteiger partial charge is 0.482 e. The van der Waals surface area contributed by atoms with Crippen LogP contribution in [0.25, 0.3) is 0 Å². The topological polar surface area (TPSA) is 120 Å². The molecule has 2 N–H and O–H groups in total. The van der Waals surface area contributed by atoms with E-state index in [1.165, 1.54) is 0 Å². The number of nitrogens with zero attached hydrogens (tertiary/aromatic N) is 3. The minimum absolute atomic E-state index is 0.0149. The molecule has 268 valence electrons. The molecular weight excluding hydrogens is 675 g/mol. The summed E-state index contributed by atoms with van der Waals surface area (Å²) in [6.07, 6.45) is -0.167. The summed E-state index contributed by atoms with van der Waals surface area (Å²) in [5.74, 6) is -0.400. The van der Waals surface area contributed by atoms with Crippen LogP contribution in [-0.2, 0) is 44.2 Å². The van der Waals surface area contributed by atoms with Gasteiger partial charge >= 0.3 is 0 Å². The number of ether oxygens (including phenoxy) is 2. The molecular formula is C41H43N3O7Si.